The summed E-state index contributed by atoms with van der Waals surface area (Å²) in [4.78, 5) is 16.7. The first-order valence-electron chi connectivity index (χ1n) is 9.04. The monoisotopic (exact) mass is 361 g/mol. The molecule has 5 heteroatoms. The third-order valence-corrected chi connectivity index (χ3v) is 3.83. The lowest BCUT2D eigenvalue weighted by Crippen LogP contribution is -2.21. The number of aryl methyl sites for hydroxylation is 3. The van der Waals surface area contributed by atoms with Crippen molar-refractivity contribution in [2.24, 2.45) is 12.0 Å². The highest BCUT2D eigenvalue weighted by atomic mass is 15.0. The van der Waals surface area contributed by atoms with Crippen LogP contribution in [-0.2, 0) is 13.5 Å². The molecule has 0 atom stereocenters. The van der Waals surface area contributed by atoms with Crippen LogP contribution in [0.4, 0.5) is 0 Å². The lowest BCUT2D eigenvalue weighted by Gasteiger charge is -2.05. The maximum absolute atomic E-state index is 4.39. The van der Waals surface area contributed by atoms with Crippen molar-refractivity contribution in [2.75, 3.05) is 0 Å². The second-order valence-electron chi connectivity index (χ2n) is 6.42. The molecule has 0 bridgehead atoms. The minimum atomic E-state index is 0.728. The van der Waals surface area contributed by atoms with Gasteiger partial charge >= 0.3 is 0 Å². The molecule has 3 rings (SSSR count). The van der Waals surface area contributed by atoms with Crippen molar-refractivity contribution < 1.29 is 0 Å². The quantitative estimate of drug-likeness (QED) is 0.698. The third-order valence-electron chi connectivity index (χ3n) is 3.83. The van der Waals surface area contributed by atoms with Gasteiger partial charge in [-0.25, -0.2) is 15.0 Å². The summed E-state index contributed by atoms with van der Waals surface area (Å²) in [6.45, 7) is 9.96. The highest BCUT2D eigenvalue weighted by molar-refractivity contribution is 5.54. The summed E-state index contributed by atoms with van der Waals surface area (Å²) in [7, 11) is 1.91. The summed E-state index contributed by atoms with van der Waals surface area (Å²) in [6.07, 6.45) is 10.9. The first-order valence-corrected chi connectivity index (χ1v) is 9.04. The third kappa shape index (κ3) is 6.29. The predicted molar refractivity (Wildman–Crippen MR) is 110 cm³/mol. The van der Waals surface area contributed by atoms with Gasteiger partial charge in [-0.05, 0) is 25.8 Å². The molecular formula is C22H27N5. The lowest BCUT2D eigenvalue weighted by atomic mass is 10.1. The van der Waals surface area contributed by atoms with E-state index in [1.54, 1.807) is 18.6 Å². The van der Waals surface area contributed by atoms with E-state index in [1.165, 1.54) is 30.3 Å². The molecule has 0 aliphatic rings. The molecule has 0 unspecified atom stereocenters. The van der Waals surface area contributed by atoms with Gasteiger partial charge in [-0.1, -0.05) is 49.8 Å². The predicted octanol–water partition coefficient (Wildman–Crippen LogP) is 4.26. The lowest BCUT2D eigenvalue weighted by molar-refractivity contribution is 0.813. The summed E-state index contributed by atoms with van der Waals surface area (Å²) >= 11 is 0. The molecule has 0 aliphatic heterocycles. The molecule has 0 amide bonds. The SMILES string of the molecule is C=C(C)N=c1c(-c2cncnc2)nccn1C.CCCc1ccc(C)cc1. The molecule has 0 aliphatic carbocycles. The van der Waals surface area contributed by atoms with Crippen molar-refractivity contribution in [3.05, 3.63) is 84.3 Å². The fourth-order valence-electron chi connectivity index (χ4n) is 2.48. The second-order valence-corrected chi connectivity index (χ2v) is 6.42. The Bertz CT molecular complexity index is 925. The van der Waals surface area contributed by atoms with Crippen molar-refractivity contribution in [1.29, 1.82) is 0 Å². The Balaban J connectivity index is 0.000000223. The van der Waals surface area contributed by atoms with E-state index in [-0.39, 0.29) is 0 Å². The standard InChI is InChI=1S/C12H13N5.C10H14/c1-9(2)16-12-11(15-4-5-17(12)3)10-6-13-8-14-7-10;1-3-4-10-7-5-9(2)6-8-10/h4-8H,1H2,2-3H3;5-8H,3-4H2,1-2H3. The van der Waals surface area contributed by atoms with Gasteiger partial charge in [-0.2, -0.15) is 0 Å². The number of hydrogen-bond donors (Lipinski definition) is 0. The van der Waals surface area contributed by atoms with Crippen molar-refractivity contribution >= 4 is 0 Å². The molecule has 0 fully saturated rings. The van der Waals surface area contributed by atoms with Crippen molar-refractivity contribution in [3.63, 3.8) is 0 Å². The zero-order valence-electron chi connectivity index (χ0n) is 16.6. The normalized spacial score (nSPS) is 10.9. The Morgan fingerprint density at radius 1 is 1.15 bits per heavy atom. The Kier molecular flexibility index (Phi) is 7.62. The van der Waals surface area contributed by atoms with Gasteiger partial charge in [-0.15, -0.1) is 0 Å². The van der Waals surface area contributed by atoms with Gasteiger partial charge in [0.1, 0.15) is 12.0 Å². The van der Waals surface area contributed by atoms with Crippen LogP contribution in [0.2, 0.25) is 0 Å². The van der Waals surface area contributed by atoms with Crippen LogP contribution < -0.4 is 5.49 Å². The molecule has 0 spiro atoms. The second kappa shape index (κ2) is 10.2. The van der Waals surface area contributed by atoms with Crippen LogP contribution in [0.1, 0.15) is 31.4 Å². The van der Waals surface area contributed by atoms with E-state index < -0.39 is 0 Å². The zero-order valence-corrected chi connectivity index (χ0v) is 16.6. The summed E-state index contributed by atoms with van der Waals surface area (Å²) in [5.41, 5.74) is 5.86. The summed E-state index contributed by atoms with van der Waals surface area (Å²) in [5.74, 6) is 0. The van der Waals surface area contributed by atoms with E-state index >= 15 is 0 Å². The molecule has 140 valence electrons. The fraction of sp³-hybridized carbons (Fsp3) is 0.273. The van der Waals surface area contributed by atoms with Gasteiger partial charge in [0.25, 0.3) is 0 Å². The van der Waals surface area contributed by atoms with Gasteiger partial charge in [-0.3, -0.25) is 4.98 Å². The van der Waals surface area contributed by atoms with Crippen LogP contribution in [0.25, 0.3) is 11.3 Å². The maximum atomic E-state index is 4.39. The van der Waals surface area contributed by atoms with Crippen molar-refractivity contribution in [3.8, 4) is 11.3 Å². The van der Waals surface area contributed by atoms with Crippen LogP contribution in [-0.4, -0.2) is 19.5 Å². The molecule has 2 aromatic heterocycles. The van der Waals surface area contributed by atoms with Gasteiger partial charge in [0.05, 0.1) is 0 Å². The fourth-order valence-corrected chi connectivity index (χ4v) is 2.48. The van der Waals surface area contributed by atoms with Gasteiger partial charge < -0.3 is 4.57 Å². The highest BCUT2D eigenvalue weighted by Crippen LogP contribution is 2.08. The first kappa shape index (κ1) is 20.2. The largest absolute Gasteiger partial charge is 0.333 e. The van der Waals surface area contributed by atoms with E-state index in [4.69, 9.17) is 0 Å². The number of hydrogen-bond acceptors (Lipinski definition) is 4. The van der Waals surface area contributed by atoms with Crippen LogP contribution in [0.5, 0.6) is 0 Å². The Morgan fingerprint density at radius 3 is 2.41 bits per heavy atom. The molecule has 0 radical (unpaired) electrons. The van der Waals surface area contributed by atoms with E-state index in [0.717, 1.165) is 22.4 Å². The molecular weight excluding hydrogens is 334 g/mol. The van der Waals surface area contributed by atoms with Crippen molar-refractivity contribution in [1.82, 2.24) is 19.5 Å². The number of benzene rings is 1. The van der Waals surface area contributed by atoms with Crippen LogP contribution in [0.15, 0.2) is 72.6 Å². The van der Waals surface area contributed by atoms with E-state index in [1.807, 2.05) is 24.7 Å². The molecule has 5 nitrogen and oxygen atoms in total. The molecule has 1 aromatic carbocycles. The minimum Gasteiger partial charge on any atom is -0.333 e. The molecule has 27 heavy (non-hydrogen) atoms. The number of rotatable bonds is 4. The first-order chi connectivity index (χ1) is 13.0. The van der Waals surface area contributed by atoms with Gasteiger partial charge in [0.15, 0.2) is 5.49 Å². The Labute approximate surface area is 161 Å². The molecule has 2 heterocycles. The smallest absolute Gasteiger partial charge is 0.159 e. The van der Waals surface area contributed by atoms with Gasteiger partial charge in [0.2, 0.25) is 0 Å². The van der Waals surface area contributed by atoms with Gasteiger partial charge in [0, 0.05) is 43.1 Å². The van der Waals surface area contributed by atoms with E-state index in [2.05, 4.69) is 64.6 Å². The highest BCUT2D eigenvalue weighted by Gasteiger charge is 2.04. The van der Waals surface area contributed by atoms with Crippen LogP contribution in [0, 0.1) is 6.92 Å². The Morgan fingerprint density at radius 2 is 1.81 bits per heavy atom. The van der Waals surface area contributed by atoms with Crippen LogP contribution in [0.3, 0.4) is 0 Å². The number of aromatic nitrogens is 4. The average Bonchev–Trinajstić information content (AvgIpc) is 2.66. The zero-order chi connectivity index (χ0) is 19.6. The van der Waals surface area contributed by atoms with Crippen LogP contribution >= 0.6 is 0 Å². The molecule has 3 aromatic rings. The summed E-state index contributed by atoms with van der Waals surface area (Å²) in [6, 6.07) is 8.76. The molecule has 0 saturated heterocycles. The summed E-state index contributed by atoms with van der Waals surface area (Å²) < 4.78 is 1.89. The number of allylic oxidation sites excluding steroid dienone is 1. The molecule has 0 N–H and O–H groups in total. The minimum absolute atomic E-state index is 0.728. The summed E-state index contributed by atoms with van der Waals surface area (Å²) in [5, 5.41) is 0. The topological polar surface area (TPSA) is 56.0 Å². The Hall–Kier alpha value is -3.08. The van der Waals surface area contributed by atoms with E-state index in [0.29, 0.717) is 0 Å². The molecule has 0 saturated carbocycles. The maximum Gasteiger partial charge on any atom is 0.159 e. The number of nitrogens with zero attached hydrogens (tertiary/aromatic N) is 5. The van der Waals surface area contributed by atoms with Crippen molar-refractivity contribution in [2.45, 2.75) is 33.6 Å². The average molecular weight is 361 g/mol. The van der Waals surface area contributed by atoms with E-state index in [9.17, 15) is 0 Å².